The smallest absolute Gasteiger partial charge is 0.322 e. The predicted octanol–water partition coefficient (Wildman–Crippen LogP) is 2.74. The van der Waals surface area contributed by atoms with Crippen molar-refractivity contribution in [1.29, 1.82) is 0 Å². The van der Waals surface area contributed by atoms with Gasteiger partial charge in [0.15, 0.2) is 11.5 Å². The molecule has 1 aromatic carbocycles. The van der Waals surface area contributed by atoms with E-state index in [0.29, 0.717) is 30.7 Å². The van der Waals surface area contributed by atoms with Crippen LogP contribution >= 0.6 is 0 Å². The second-order valence-electron chi connectivity index (χ2n) is 4.45. The fourth-order valence-corrected chi connectivity index (χ4v) is 1.87. The SMILES string of the molecule is CCOc1cc(CN)ccc1Oc1nc(C)cc(C)n1. The summed E-state index contributed by atoms with van der Waals surface area (Å²) in [6.45, 7) is 6.75. The Labute approximate surface area is 118 Å². The van der Waals surface area contributed by atoms with E-state index in [4.69, 9.17) is 15.2 Å². The summed E-state index contributed by atoms with van der Waals surface area (Å²) in [4.78, 5) is 8.52. The summed E-state index contributed by atoms with van der Waals surface area (Å²) in [7, 11) is 0. The second-order valence-corrected chi connectivity index (χ2v) is 4.45. The Morgan fingerprint density at radius 1 is 1.05 bits per heavy atom. The van der Waals surface area contributed by atoms with Gasteiger partial charge in [-0.15, -0.1) is 0 Å². The third kappa shape index (κ3) is 3.45. The molecule has 106 valence electrons. The molecule has 0 saturated heterocycles. The van der Waals surface area contributed by atoms with Crippen molar-refractivity contribution in [3.8, 4) is 17.5 Å². The molecule has 5 heteroatoms. The zero-order chi connectivity index (χ0) is 14.5. The van der Waals surface area contributed by atoms with Crippen LogP contribution in [0, 0.1) is 13.8 Å². The number of rotatable bonds is 5. The summed E-state index contributed by atoms with van der Waals surface area (Å²) < 4.78 is 11.3. The molecule has 1 heterocycles. The largest absolute Gasteiger partial charge is 0.490 e. The molecule has 2 rings (SSSR count). The van der Waals surface area contributed by atoms with Gasteiger partial charge in [0.25, 0.3) is 0 Å². The first kappa shape index (κ1) is 14.3. The van der Waals surface area contributed by atoms with Crippen molar-refractivity contribution in [1.82, 2.24) is 9.97 Å². The van der Waals surface area contributed by atoms with E-state index in [2.05, 4.69) is 9.97 Å². The number of hydrogen-bond donors (Lipinski definition) is 1. The lowest BCUT2D eigenvalue weighted by Gasteiger charge is -2.12. The highest BCUT2D eigenvalue weighted by Crippen LogP contribution is 2.31. The Bertz CT molecular complexity index is 579. The minimum atomic E-state index is 0.323. The first-order valence-corrected chi connectivity index (χ1v) is 6.58. The molecule has 20 heavy (non-hydrogen) atoms. The number of aryl methyl sites for hydroxylation is 2. The van der Waals surface area contributed by atoms with Gasteiger partial charge in [0.2, 0.25) is 0 Å². The first-order valence-electron chi connectivity index (χ1n) is 6.58. The van der Waals surface area contributed by atoms with Crippen LogP contribution in [0.4, 0.5) is 0 Å². The van der Waals surface area contributed by atoms with Crippen LogP contribution in [-0.2, 0) is 6.54 Å². The van der Waals surface area contributed by atoms with E-state index in [1.165, 1.54) is 0 Å². The first-order chi connectivity index (χ1) is 9.62. The van der Waals surface area contributed by atoms with E-state index >= 15 is 0 Å². The fourth-order valence-electron chi connectivity index (χ4n) is 1.87. The lowest BCUT2D eigenvalue weighted by Crippen LogP contribution is -2.01. The minimum Gasteiger partial charge on any atom is -0.490 e. The van der Waals surface area contributed by atoms with Gasteiger partial charge >= 0.3 is 6.01 Å². The van der Waals surface area contributed by atoms with Crippen LogP contribution in [0.15, 0.2) is 24.3 Å². The van der Waals surface area contributed by atoms with Gasteiger partial charge in [-0.1, -0.05) is 6.07 Å². The molecular weight excluding hydrogens is 254 g/mol. The van der Waals surface area contributed by atoms with Crippen LogP contribution in [0.1, 0.15) is 23.9 Å². The van der Waals surface area contributed by atoms with E-state index in [9.17, 15) is 0 Å². The lowest BCUT2D eigenvalue weighted by molar-refractivity contribution is 0.316. The van der Waals surface area contributed by atoms with Gasteiger partial charge < -0.3 is 15.2 Å². The molecule has 2 aromatic rings. The van der Waals surface area contributed by atoms with Gasteiger partial charge in [0.05, 0.1) is 6.61 Å². The maximum absolute atomic E-state index is 5.74. The van der Waals surface area contributed by atoms with E-state index in [0.717, 1.165) is 17.0 Å². The Kier molecular flexibility index (Phi) is 4.53. The van der Waals surface area contributed by atoms with Crippen molar-refractivity contribution in [2.24, 2.45) is 5.73 Å². The molecule has 0 aliphatic carbocycles. The summed E-state index contributed by atoms with van der Waals surface area (Å²) in [5, 5.41) is 0. The van der Waals surface area contributed by atoms with Crippen molar-refractivity contribution < 1.29 is 9.47 Å². The van der Waals surface area contributed by atoms with Crippen molar-refractivity contribution in [2.45, 2.75) is 27.3 Å². The maximum atomic E-state index is 5.74. The summed E-state index contributed by atoms with van der Waals surface area (Å²) >= 11 is 0. The number of hydrogen-bond acceptors (Lipinski definition) is 5. The molecule has 0 fully saturated rings. The topological polar surface area (TPSA) is 70.3 Å². The highest BCUT2D eigenvalue weighted by atomic mass is 16.5. The molecule has 0 spiro atoms. The molecule has 0 aliphatic rings. The zero-order valence-electron chi connectivity index (χ0n) is 12.0. The van der Waals surface area contributed by atoms with Crippen LogP contribution in [0.25, 0.3) is 0 Å². The van der Waals surface area contributed by atoms with Gasteiger partial charge in [-0.25, -0.2) is 9.97 Å². The highest BCUT2D eigenvalue weighted by molar-refractivity contribution is 5.44. The van der Waals surface area contributed by atoms with Gasteiger partial charge in [-0.05, 0) is 44.5 Å². The Morgan fingerprint density at radius 3 is 2.35 bits per heavy atom. The predicted molar refractivity (Wildman–Crippen MR) is 77.1 cm³/mol. The van der Waals surface area contributed by atoms with E-state index < -0.39 is 0 Å². The standard InChI is InChI=1S/C15H19N3O2/c1-4-19-14-8-12(9-16)5-6-13(14)20-15-17-10(2)7-11(3)18-15/h5-8H,4,9,16H2,1-3H3. The van der Waals surface area contributed by atoms with Crippen molar-refractivity contribution in [3.63, 3.8) is 0 Å². The average molecular weight is 273 g/mol. The molecule has 0 saturated carbocycles. The third-order valence-electron chi connectivity index (χ3n) is 2.71. The summed E-state index contributed by atoms with van der Waals surface area (Å²) in [5.41, 5.74) is 8.35. The fraction of sp³-hybridized carbons (Fsp3) is 0.333. The maximum Gasteiger partial charge on any atom is 0.322 e. The van der Waals surface area contributed by atoms with Gasteiger partial charge in [0, 0.05) is 17.9 Å². The molecule has 1 aromatic heterocycles. The van der Waals surface area contributed by atoms with Crippen LogP contribution in [0.2, 0.25) is 0 Å². The number of nitrogens with two attached hydrogens (primary N) is 1. The van der Waals surface area contributed by atoms with E-state index in [1.807, 2.05) is 45.0 Å². The molecular formula is C15H19N3O2. The van der Waals surface area contributed by atoms with Gasteiger partial charge in [-0.2, -0.15) is 0 Å². The summed E-state index contributed by atoms with van der Waals surface area (Å²) in [6.07, 6.45) is 0. The lowest BCUT2D eigenvalue weighted by atomic mass is 10.2. The van der Waals surface area contributed by atoms with Crippen LogP contribution < -0.4 is 15.2 Å². The van der Waals surface area contributed by atoms with E-state index in [-0.39, 0.29) is 0 Å². The van der Waals surface area contributed by atoms with Crippen molar-refractivity contribution in [3.05, 3.63) is 41.2 Å². The zero-order valence-corrected chi connectivity index (χ0v) is 12.0. The Hall–Kier alpha value is -2.14. The minimum absolute atomic E-state index is 0.323. The normalized spacial score (nSPS) is 10.4. The van der Waals surface area contributed by atoms with Crippen LogP contribution in [0.5, 0.6) is 17.5 Å². The van der Waals surface area contributed by atoms with E-state index in [1.54, 1.807) is 0 Å². The molecule has 5 nitrogen and oxygen atoms in total. The second kappa shape index (κ2) is 6.34. The monoisotopic (exact) mass is 273 g/mol. The molecule has 0 bridgehead atoms. The molecule has 0 atom stereocenters. The van der Waals surface area contributed by atoms with Crippen molar-refractivity contribution in [2.75, 3.05) is 6.61 Å². The van der Waals surface area contributed by atoms with Crippen molar-refractivity contribution >= 4 is 0 Å². The van der Waals surface area contributed by atoms with Gasteiger partial charge in [-0.3, -0.25) is 0 Å². The molecule has 2 N–H and O–H groups in total. The van der Waals surface area contributed by atoms with Crippen LogP contribution in [0.3, 0.4) is 0 Å². The highest BCUT2D eigenvalue weighted by Gasteiger charge is 2.09. The molecule has 0 aliphatic heterocycles. The summed E-state index contributed by atoms with van der Waals surface area (Å²) in [6, 6.07) is 7.83. The van der Waals surface area contributed by atoms with Gasteiger partial charge in [0.1, 0.15) is 0 Å². The number of ether oxygens (including phenoxy) is 2. The van der Waals surface area contributed by atoms with Crippen LogP contribution in [-0.4, -0.2) is 16.6 Å². The Morgan fingerprint density at radius 2 is 1.75 bits per heavy atom. The quantitative estimate of drug-likeness (QED) is 0.907. The molecule has 0 radical (unpaired) electrons. The average Bonchev–Trinajstić information content (AvgIpc) is 2.40. The molecule has 0 unspecified atom stereocenters. The number of nitrogens with zero attached hydrogens (tertiary/aromatic N) is 2. The number of benzene rings is 1. The number of aromatic nitrogens is 2. The Balaban J connectivity index is 2.31. The molecule has 0 amide bonds. The third-order valence-corrected chi connectivity index (χ3v) is 2.71. The summed E-state index contributed by atoms with van der Waals surface area (Å²) in [5.74, 6) is 1.24.